The molecule has 1 unspecified atom stereocenters. The first kappa shape index (κ1) is 11.8. The minimum Gasteiger partial charge on any atom is -0.310 e. The van der Waals surface area contributed by atoms with Gasteiger partial charge in [-0.3, -0.25) is 0 Å². The normalized spacial score (nSPS) is 13.6. The third-order valence-electron chi connectivity index (χ3n) is 3.28. The zero-order chi connectivity index (χ0) is 12.5. The first-order chi connectivity index (χ1) is 8.00. The van der Waals surface area contributed by atoms with Crippen molar-refractivity contribution in [3.63, 3.8) is 0 Å². The van der Waals surface area contributed by atoms with Gasteiger partial charge in [-0.15, -0.1) is 10.2 Å². The summed E-state index contributed by atoms with van der Waals surface area (Å²) in [5, 5.41) is 8.28. The summed E-state index contributed by atoms with van der Waals surface area (Å²) >= 11 is 0. The molecule has 0 aliphatic heterocycles. The van der Waals surface area contributed by atoms with Gasteiger partial charge >= 0.3 is 0 Å². The molecule has 3 heteroatoms. The highest BCUT2D eigenvalue weighted by Crippen LogP contribution is 2.32. The van der Waals surface area contributed by atoms with Crippen LogP contribution in [-0.4, -0.2) is 14.8 Å². The molecular formula is C14H19N3. The number of hydrogen-bond acceptors (Lipinski definition) is 2. The van der Waals surface area contributed by atoms with Crippen LogP contribution < -0.4 is 0 Å². The monoisotopic (exact) mass is 229 g/mol. The van der Waals surface area contributed by atoms with Gasteiger partial charge < -0.3 is 4.57 Å². The van der Waals surface area contributed by atoms with Crippen LogP contribution in [0.4, 0.5) is 0 Å². The Balaban J connectivity index is 2.43. The molecule has 0 saturated heterocycles. The largest absolute Gasteiger partial charge is 0.310 e. The SMILES string of the molecule is CC(n1cnnc1-c1ccccc1)C(C)(C)C. The highest BCUT2D eigenvalue weighted by Gasteiger charge is 2.24. The van der Waals surface area contributed by atoms with Gasteiger partial charge in [0.05, 0.1) is 0 Å². The molecule has 1 atom stereocenters. The van der Waals surface area contributed by atoms with Gasteiger partial charge in [0, 0.05) is 11.6 Å². The number of aromatic nitrogens is 3. The van der Waals surface area contributed by atoms with E-state index in [4.69, 9.17) is 0 Å². The summed E-state index contributed by atoms with van der Waals surface area (Å²) in [5.74, 6) is 0.938. The molecule has 1 aromatic heterocycles. The Hall–Kier alpha value is -1.64. The Morgan fingerprint density at radius 2 is 1.76 bits per heavy atom. The second kappa shape index (κ2) is 4.32. The van der Waals surface area contributed by atoms with Crippen LogP contribution in [-0.2, 0) is 0 Å². The second-order valence-electron chi connectivity index (χ2n) is 5.47. The van der Waals surface area contributed by atoms with E-state index in [2.05, 4.69) is 54.6 Å². The Morgan fingerprint density at radius 1 is 1.12 bits per heavy atom. The van der Waals surface area contributed by atoms with Crippen molar-refractivity contribution in [1.82, 2.24) is 14.8 Å². The molecule has 1 heterocycles. The quantitative estimate of drug-likeness (QED) is 0.788. The molecule has 0 saturated carbocycles. The molecule has 0 aliphatic carbocycles. The van der Waals surface area contributed by atoms with E-state index >= 15 is 0 Å². The topological polar surface area (TPSA) is 30.7 Å². The van der Waals surface area contributed by atoms with Gasteiger partial charge in [0.1, 0.15) is 6.33 Å². The molecular weight excluding hydrogens is 210 g/mol. The molecule has 2 rings (SSSR count). The van der Waals surface area contributed by atoms with Crippen molar-refractivity contribution in [3.05, 3.63) is 36.7 Å². The van der Waals surface area contributed by atoms with Gasteiger partial charge in [0.2, 0.25) is 0 Å². The van der Waals surface area contributed by atoms with Crippen molar-refractivity contribution in [2.45, 2.75) is 33.7 Å². The van der Waals surface area contributed by atoms with Crippen LogP contribution in [0.25, 0.3) is 11.4 Å². The maximum atomic E-state index is 4.23. The molecule has 0 N–H and O–H groups in total. The van der Waals surface area contributed by atoms with Crippen molar-refractivity contribution in [2.75, 3.05) is 0 Å². The zero-order valence-corrected chi connectivity index (χ0v) is 10.9. The summed E-state index contributed by atoms with van der Waals surface area (Å²) in [4.78, 5) is 0. The number of nitrogens with zero attached hydrogens (tertiary/aromatic N) is 3. The molecule has 90 valence electrons. The van der Waals surface area contributed by atoms with E-state index in [1.54, 1.807) is 0 Å². The summed E-state index contributed by atoms with van der Waals surface area (Å²) in [7, 11) is 0. The standard InChI is InChI=1S/C14H19N3/c1-11(14(2,3)4)17-10-15-16-13(17)12-8-6-5-7-9-12/h5-11H,1-4H3. The first-order valence-electron chi connectivity index (χ1n) is 5.95. The zero-order valence-electron chi connectivity index (χ0n) is 10.9. The van der Waals surface area contributed by atoms with Crippen LogP contribution in [0.15, 0.2) is 36.7 Å². The molecule has 0 amide bonds. The lowest BCUT2D eigenvalue weighted by molar-refractivity contribution is 0.264. The van der Waals surface area contributed by atoms with E-state index in [0.717, 1.165) is 11.4 Å². The summed E-state index contributed by atoms with van der Waals surface area (Å²) in [6.07, 6.45) is 1.82. The van der Waals surface area contributed by atoms with Gasteiger partial charge in [-0.2, -0.15) is 0 Å². The van der Waals surface area contributed by atoms with E-state index in [1.165, 1.54) is 0 Å². The summed E-state index contributed by atoms with van der Waals surface area (Å²) < 4.78 is 2.15. The maximum absolute atomic E-state index is 4.23. The van der Waals surface area contributed by atoms with Gasteiger partial charge in [-0.05, 0) is 12.3 Å². The average Bonchev–Trinajstić information content (AvgIpc) is 2.76. The van der Waals surface area contributed by atoms with E-state index in [9.17, 15) is 0 Å². The van der Waals surface area contributed by atoms with Gasteiger partial charge in [0.15, 0.2) is 5.82 Å². The Kier molecular flexibility index (Phi) is 3.01. The van der Waals surface area contributed by atoms with Crippen molar-refractivity contribution >= 4 is 0 Å². The fourth-order valence-corrected chi connectivity index (χ4v) is 1.74. The molecule has 3 nitrogen and oxygen atoms in total. The maximum Gasteiger partial charge on any atom is 0.164 e. The van der Waals surface area contributed by atoms with Crippen molar-refractivity contribution in [1.29, 1.82) is 0 Å². The van der Waals surface area contributed by atoms with E-state index in [-0.39, 0.29) is 5.41 Å². The van der Waals surface area contributed by atoms with Crippen LogP contribution in [0.2, 0.25) is 0 Å². The fourth-order valence-electron chi connectivity index (χ4n) is 1.74. The van der Waals surface area contributed by atoms with Gasteiger partial charge in [-0.1, -0.05) is 51.1 Å². The molecule has 17 heavy (non-hydrogen) atoms. The third kappa shape index (κ3) is 2.38. The smallest absolute Gasteiger partial charge is 0.164 e. The minimum absolute atomic E-state index is 0.186. The van der Waals surface area contributed by atoms with Crippen molar-refractivity contribution in [2.24, 2.45) is 5.41 Å². The first-order valence-corrected chi connectivity index (χ1v) is 5.95. The van der Waals surface area contributed by atoms with Gasteiger partial charge in [0.25, 0.3) is 0 Å². The molecule has 0 aliphatic rings. The summed E-state index contributed by atoms with van der Waals surface area (Å²) in [6.45, 7) is 8.89. The predicted molar refractivity (Wildman–Crippen MR) is 69.6 cm³/mol. The lowest BCUT2D eigenvalue weighted by Crippen LogP contribution is -2.21. The van der Waals surface area contributed by atoms with Crippen LogP contribution in [0.5, 0.6) is 0 Å². The van der Waals surface area contributed by atoms with Gasteiger partial charge in [-0.25, -0.2) is 0 Å². The van der Waals surface area contributed by atoms with E-state index < -0.39 is 0 Å². The highest BCUT2D eigenvalue weighted by molar-refractivity contribution is 5.54. The van der Waals surface area contributed by atoms with E-state index in [1.807, 2.05) is 24.5 Å². The van der Waals surface area contributed by atoms with Crippen LogP contribution >= 0.6 is 0 Å². The van der Waals surface area contributed by atoms with Crippen LogP contribution in [0.1, 0.15) is 33.7 Å². The Bertz CT molecular complexity index is 480. The van der Waals surface area contributed by atoms with E-state index in [0.29, 0.717) is 6.04 Å². The van der Waals surface area contributed by atoms with Crippen molar-refractivity contribution in [3.8, 4) is 11.4 Å². The Labute approximate surface area is 103 Å². The van der Waals surface area contributed by atoms with Crippen molar-refractivity contribution < 1.29 is 0 Å². The molecule has 0 fully saturated rings. The lowest BCUT2D eigenvalue weighted by atomic mass is 9.88. The molecule has 1 aromatic carbocycles. The van der Waals surface area contributed by atoms with Crippen LogP contribution in [0.3, 0.4) is 0 Å². The molecule has 0 bridgehead atoms. The summed E-state index contributed by atoms with van der Waals surface area (Å²) in [6, 6.07) is 10.5. The highest BCUT2D eigenvalue weighted by atomic mass is 15.3. The molecule has 0 spiro atoms. The predicted octanol–water partition coefficient (Wildman–Crippen LogP) is 3.55. The number of rotatable bonds is 2. The summed E-state index contributed by atoms with van der Waals surface area (Å²) in [5.41, 5.74) is 1.30. The Morgan fingerprint density at radius 3 is 2.35 bits per heavy atom. The molecule has 2 aromatic rings. The van der Waals surface area contributed by atoms with Crippen LogP contribution in [0, 0.1) is 5.41 Å². The fraction of sp³-hybridized carbons (Fsp3) is 0.429. The minimum atomic E-state index is 0.186. The second-order valence-corrected chi connectivity index (χ2v) is 5.47. The number of hydrogen-bond donors (Lipinski definition) is 0. The lowest BCUT2D eigenvalue weighted by Gasteiger charge is -2.29. The third-order valence-corrected chi connectivity index (χ3v) is 3.28. The average molecular weight is 229 g/mol. The number of benzene rings is 1. The molecule has 0 radical (unpaired) electrons.